The van der Waals surface area contributed by atoms with Gasteiger partial charge in [-0.15, -0.1) is 23.4 Å². The molecule has 2 saturated heterocycles. The van der Waals surface area contributed by atoms with Gasteiger partial charge in [0, 0.05) is 4.75 Å². The number of halogens is 1. The first-order chi connectivity index (χ1) is 6.36. The first kappa shape index (κ1) is 10.1. The van der Waals surface area contributed by atoms with Crippen molar-refractivity contribution in [1.82, 2.24) is 4.90 Å². The molecule has 2 heterocycles. The van der Waals surface area contributed by atoms with Crippen molar-refractivity contribution < 1.29 is 14.7 Å². The van der Waals surface area contributed by atoms with Gasteiger partial charge in [-0.1, -0.05) is 0 Å². The molecule has 2 aliphatic rings. The summed E-state index contributed by atoms with van der Waals surface area (Å²) in [5, 5.41) is 8.31. The lowest BCUT2D eigenvalue weighted by atomic mass is 9.98. The lowest BCUT2D eigenvalue weighted by Gasteiger charge is -2.40. The first-order valence-corrected chi connectivity index (χ1v) is 5.55. The number of alkyl halides is 1. The molecule has 0 aliphatic carbocycles. The highest BCUT2D eigenvalue weighted by molar-refractivity contribution is 8.01. The SMILES string of the molecule is CC1(C)S[C@@H]2[C@@H](Cl)C(=O)N2[C@H]1C(=O)O. The average Bonchev–Trinajstić information content (AvgIpc) is 2.34. The van der Waals surface area contributed by atoms with Crippen LogP contribution in [0.4, 0.5) is 0 Å². The summed E-state index contributed by atoms with van der Waals surface area (Å²) in [5.41, 5.74) is 0. The number of rotatable bonds is 1. The maximum absolute atomic E-state index is 11.4. The number of aliphatic carboxylic acids is 1. The summed E-state index contributed by atoms with van der Waals surface area (Å²) in [5.74, 6) is -1.22. The van der Waals surface area contributed by atoms with E-state index in [9.17, 15) is 9.59 Å². The molecule has 3 atom stereocenters. The molecule has 1 N–H and O–H groups in total. The molecule has 0 bridgehead atoms. The Balaban J connectivity index is 2.32. The van der Waals surface area contributed by atoms with E-state index in [1.54, 1.807) is 0 Å². The Morgan fingerprint density at radius 1 is 1.64 bits per heavy atom. The van der Waals surface area contributed by atoms with E-state index in [2.05, 4.69) is 0 Å². The van der Waals surface area contributed by atoms with Crippen molar-refractivity contribution in [2.45, 2.75) is 35.4 Å². The molecule has 14 heavy (non-hydrogen) atoms. The van der Waals surface area contributed by atoms with Gasteiger partial charge in [0.2, 0.25) is 5.91 Å². The van der Waals surface area contributed by atoms with E-state index in [0.717, 1.165) is 0 Å². The standard InChI is InChI=1S/C8H10ClNO3S/c1-8(2)4(7(12)13)10-5(11)3(9)6(10)14-8/h3-4,6H,1-2H3,(H,12,13)/t3-,4-,6+/m0/s1. The summed E-state index contributed by atoms with van der Waals surface area (Å²) in [4.78, 5) is 23.8. The highest BCUT2D eigenvalue weighted by Gasteiger charge is 2.63. The molecule has 0 aromatic heterocycles. The van der Waals surface area contributed by atoms with Crippen LogP contribution in [0.1, 0.15) is 13.8 Å². The fraction of sp³-hybridized carbons (Fsp3) is 0.750. The Morgan fingerprint density at radius 2 is 2.21 bits per heavy atom. The van der Waals surface area contributed by atoms with Gasteiger partial charge in [-0.3, -0.25) is 4.79 Å². The molecule has 1 amide bonds. The number of hydrogen-bond acceptors (Lipinski definition) is 3. The van der Waals surface area contributed by atoms with Crippen LogP contribution in [0, 0.1) is 0 Å². The molecule has 4 nitrogen and oxygen atoms in total. The van der Waals surface area contributed by atoms with E-state index in [1.165, 1.54) is 16.7 Å². The molecule has 2 rings (SSSR count). The predicted molar refractivity (Wildman–Crippen MR) is 53.4 cm³/mol. The van der Waals surface area contributed by atoms with Gasteiger partial charge in [0.25, 0.3) is 0 Å². The molecule has 78 valence electrons. The van der Waals surface area contributed by atoms with Crippen LogP contribution in [0.3, 0.4) is 0 Å². The monoisotopic (exact) mass is 235 g/mol. The molecule has 0 unspecified atom stereocenters. The van der Waals surface area contributed by atoms with Gasteiger partial charge in [-0.2, -0.15) is 0 Å². The number of carbonyl (C=O) groups excluding carboxylic acids is 1. The summed E-state index contributed by atoms with van der Waals surface area (Å²) in [6, 6.07) is -0.750. The van der Waals surface area contributed by atoms with Crippen molar-refractivity contribution in [1.29, 1.82) is 0 Å². The Kier molecular flexibility index (Phi) is 2.02. The number of carbonyl (C=O) groups is 2. The zero-order chi connectivity index (χ0) is 10.7. The zero-order valence-corrected chi connectivity index (χ0v) is 9.30. The van der Waals surface area contributed by atoms with Gasteiger partial charge in [0.1, 0.15) is 16.8 Å². The average molecular weight is 236 g/mol. The highest BCUT2D eigenvalue weighted by atomic mass is 35.5. The van der Waals surface area contributed by atoms with Crippen LogP contribution >= 0.6 is 23.4 Å². The molecule has 0 spiro atoms. The fourth-order valence-electron chi connectivity index (χ4n) is 1.97. The molecular formula is C8H10ClNO3S. The molecule has 6 heteroatoms. The lowest BCUT2D eigenvalue weighted by molar-refractivity contribution is -0.156. The van der Waals surface area contributed by atoms with E-state index in [-0.39, 0.29) is 11.3 Å². The van der Waals surface area contributed by atoms with Gasteiger partial charge >= 0.3 is 5.97 Å². The quantitative estimate of drug-likeness (QED) is 0.538. The Morgan fingerprint density at radius 3 is 2.71 bits per heavy atom. The van der Waals surface area contributed by atoms with Crippen molar-refractivity contribution in [3.8, 4) is 0 Å². The number of carboxylic acid groups (broad SMARTS) is 1. The zero-order valence-electron chi connectivity index (χ0n) is 7.73. The number of hydrogen-bond donors (Lipinski definition) is 1. The number of thioether (sulfide) groups is 1. The van der Waals surface area contributed by atoms with Crippen LogP contribution in [-0.4, -0.2) is 43.4 Å². The Labute approximate surface area is 90.6 Å². The summed E-state index contributed by atoms with van der Waals surface area (Å²) in [6.07, 6.45) is 0. The van der Waals surface area contributed by atoms with Crippen molar-refractivity contribution in [3.63, 3.8) is 0 Å². The van der Waals surface area contributed by atoms with Gasteiger partial charge in [-0.05, 0) is 13.8 Å². The van der Waals surface area contributed by atoms with Crippen LogP contribution < -0.4 is 0 Å². The fourth-order valence-corrected chi connectivity index (χ4v) is 3.90. The minimum atomic E-state index is -0.957. The van der Waals surface area contributed by atoms with Gasteiger partial charge in [-0.25, -0.2) is 4.79 Å². The van der Waals surface area contributed by atoms with Gasteiger partial charge in [0.15, 0.2) is 0 Å². The largest absolute Gasteiger partial charge is 0.480 e. The number of β-lactam (4-membered cyclic amide) rings is 1. The summed E-state index contributed by atoms with van der Waals surface area (Å²) >= 11 is 7.25. The van der Waals surface area contributed by atoms with E-state index in [4.69, 9.17) is 16.7 Å². The van der Waals surface area contributed by atoms with Crippen LogP contribution in [0.5, 0.6) is 0 Å². The number of carboxylic acids is 1. The van der Waals surface area contributed by atoms with Crippen LogP contribution in [0.15, 0.2) is 0 Å². The Bertz CT molecular complexity index is 320. The second-order valence-electron chi connectivity index (χ2n) is 4.00. The number of fused-ring (bicyclic) bond motifs is 1. The maximum atomic E-state index is 11.4. The summed E-state index contributed by atoms with van der Waals surface area (Å²) in [6.45, 7) is 3.65. The van der Waals surface area contributed by atoms with E-state index < -0.39 is 22.1 Å². The minimum absolute atomic E-state index is 0.166. The number of nitrogens with zero attached hydrogens (tertiary/aromatic N) is 1. The molecule has 0 aromatic carbocycles. The number of amides is 1. The highest BCUT2D eigenvalue weighted by Crippen LogP contribution is 2.52. The maximum Gasteiger partial charge on any atom is 0.327 e. The van der Waals surface area contributed by atoms with Crippen LogP contribution in [0.2, 0.25) is 0 Å². The lowest BCUT2D eigenvalue weighted by Crippen LogP contribution is -2.63. The van der Waals surface area contributed by atoms with Crippen molar-refractivity contribution in [2.24, 2.45) is 0 Å². The van der Waals surface area contributed by atoms with Crippen molar-refractivity contribution >= 4 is 35.2 Å². The molecule has 0 aromatic rings. The van der Waals surface area contributed by atoms with E-state index in [0.29, 0.717) is 0 Å². The summed E-state index contributed by atoms with van der Waals surface area (Å²) < 4.78 is -0.462. The van der Waals surface area contributed by atoms with Crippen LogP contribution in [-0.2, 0) is 9.59 Å². The van der Waals surface area contributed by atoms with Gasteiger partial charge < -0.3 is 10.0 Å². The predicted octanol–water partition coefficient (Wildman–Crippen LogP) is 0.741. The minimum Gasteiger partial charge on any atom is -0.480 e. The van der Waals surface area contributed by atoms with Crippen molar-refractivity contribution in [2.75, 3.05) is 0 Å². The Hall–Kier alpha value is -0.420. The first-order valence-electron chi connectivity index (χ1n) is 4.23. The molecule has 2 aliphatic heterocycles. The van der Waals surface area contributed by atoms with Crippen molar-refractivity contribution in [3.05, 3.63) is 0 Å². The molecule has 2 fully saturated rings. The third-order valence-corrected chi connectivity index (χ3v) is 4.76. The second kappa shape index (κ2) is 2.79. The third-order valence-electron chi connectivity index (χ3n) is 2.61. The molecule has 0 saturated carbocycles. The molecular weight excluding hydrogens is 226 g/mol. The summed E-state index contributed by atoms with van der Waals surface area (Å²) in [7, 11) is 0. The molecule has 0 radical (unpaired) electrons. The smallest absolute Gasteiger partial charge is 0.327 e. The van der Waals surface area contributed by atoms with E-state index >= 15 is 0 Å². The van der Waals surface area contributed by atoms with Gasteiger partial charge in [0.05, 0.1) is 0 Å². The van der Waals surface area contributed by atoms with Crippen LogP contribution in [0.25, 0.3) is 0 Å². The van der Waals surface area contributed by atoms with E-state index in [1.807, 2.05) is 13.8 Å². The topological polar surface area (TPSA) is 57.6 Å². The normalized spacial score (nSPS) is 39.2. The second-order valence-corrected chi connectivity index (χ2v) is 6.24. The third kappa shape index (κ3) is 1.08.